The monoisotopic (exact) mass is 413 g/mol. The molecule has 0 radical (unpaired) electrons. The molecule has 4 amide bonds. The number of hydrogen-bond donors (Lipinski definition) is 1. The summed E-state index contributed by atoms with van der Waals surface area (Å²) in [5, 5.41) is 2.94. The lowest BCUT2D eigenvalue weighted by Crippen LogP contribution is -2.53. The Hall–Kier alpha value is -2.45. The molecular formula is C22H27N3O5. The van der Waals surface area contributed by atoms with Crippen molar-refractivity contribution in [1.82, 2.24) is 15.1 Å². The Kier molecular flexibility index (Phi) is 4.78. The Morgan fingerprint density at radius 3 is 2.40 bits per heavy atom. The summed E-state index contributed by atoms with van der Waals surface area (Å²) in [6.45, 7) is 2.55. The standard InChI is InChI=1S/C22H27N3O5/c26-18-12-17(14-24(18)13-16-4-2-1-3-5-16)15-25-19(27)21(23-20(25)28)6-8-22(9-7-21)29-10-11-30-22/h1-5,17H,6-15H2,(H,23,28). The van der Waals surface area contributed by atoms with Crippen LogP contribution in [0.15, 0.2) is 30.3 Å². The Balaban J connectivity index is 1.21. The maximum absolute atomic E-state index is 13.2. The van der Waals surface area contributed by atoms with Gasteiger partial charge in [0.1, 0.15) is 5.54 Å². The molecule has 1 saturated carbocycles. The number of ether oxygens (including phenoxy) is 2. The summed E-state index contributed by atoms with van der Waals surface area (Å²) >= 11 is 0. The molecule has 8 heteroatoms. The molecule has 4 fully saturated rings. The van der Waals surface area contributed by atoms with Crippen molar-refractivity contribution in [3.63, 3.8) is 0 Å². The lowest BCUT2D eigenvalue weighted by molar-refractivity contribution is -0.186. The number of urea groups is 1. The van der Waals surface area contributed by atoms with Crippen molar-refractivity contribution in [2.24, 2.45) is 5.92 Å². The summed E-state index contributed by atoms with van der Waals surface area (Å²) in [6, 6.07) is 9.50. The van der Waals surface area contributed by atoms with Crippen molar-refractivity contribution in [1.29, 1.82) is 0 Å². The Morgan fingerprint density at radius 2 is 1.70 bits per heavy atom. The van der Waals surface area contributed by atoms with Crippen LogP contribution in [0.2, 0.25) is 0 Å². The number of carbonyl (C=O) groups excluding carboxylic acids is 3. The Labute approximate surface area is 175 Å². The number of nitrogens with one attached hydrogen (secondary N) is 1. The normalized spacial score (nSPS) is 27.5. The van der Waals surface area contributed by atoms with Crippen LogP contribution >= 0.6 is 0 Å². The van der Waals surface area contributed by atoms with E-state index in [1.807, 2.05) is 35.2 Å². The number of carbonyl (C=O) groups is 3. The van der Waals surface area contributed by atoms with Crippen LogP contribution in [0, 0.1) is 5.92 Å². The van der Waals surface area contributed by atoms with E-state index in [4.69, 9.17) is 9.47 Å². The summed E-state index contributed by atoms with van der Waals surface area (Å²) in [5.74, 6) is -0.725. The van der Waals surface area contributed by atoms with Crippen molar-refractivity contribution in [2.75, 3.05) is 26.3 Å². The molecule has 0 aromatic heterocycles. The highest BCUT2D eigenvalue weighted by Gasteiger charge is 2.56. The van der Waals surface area contributed by atoms with Gasteiger partial charge >= 0.3 is 6.03 Å². The molecule has 2 spiro atoms. The fraction of sp³-hybridized carbons (Fsp3) is 0.591. The number of amides is 4. The van der Waals surface area contributed by atoms with Gasteiger partial charge in [-0.25, -0.2) is 4.79 Å². The average molecular weight is 413 g/mol. The molecule has 30 heavy (non-hydrogen) atoms. The highest BCUT2D eigenvalue weighted by Crippen LogP contribution is 2.43. The van der Waals surface area contributed by atoms with Crippen LogP contribution in [0.3, 0.4) is 0 Å². The maximum Gasteiger partial charge on any atom is 0.325 e. The number of imide groups is 1. The van der Waals surface area contributed by atoms with Gasteiger partial charge in [0.05, 0.1) is 13.2 Å². The predicted octanol–water partition coefficient (Wildman–Crippen LogP) is 1.64. The van der Waals surface area contributed by atoms with Crippen molar-refractivity contribution in [3.05, 3.63) is 35.9 Å². The van der Waals surface area contributed by atoms with E-state index < -0.39 is 11.3 Å². The second kappa shape index (κ2) is 7.35. The second-order valence-electron chi connectivity index (χ2n) is 8.87. The summed E-state index contributed by atoms with van der Waals surface area (Å²) in [6.07, 6.45) is 2.58. The minimum absolute atomic E-state index is 0.0394. The first-order valence-electron chi connectivity index (χ1n) is 10.7. The smallest absolute Gasteiger partial charge is 0.325 e. The van der Waals surface area contributed by atoms with E-state index in [0.717, 1.165) is 5.56 Å². The van der Waals surface area contributed by atoms with Crippen LogP contribution in [0.5, 0.6) is 0 Å². The largest absolute Gasteiger partial charge is 0.348 e. The zero-order valence-electron chi connectivity index (χ0n) is 17.0. The van der Waals surface area contributed by atoms with E-state index in [0.29, 0.717) is 58.4 Å². The summed E-state index contributed by atoms with van der Waals surface area (Å²) in [4.78, 5) is 41.4. The quantitative estimate of drug-likeness (QED) is 0.759. The minimum Gasteiger partial charge on any atom is -0.348 e. The van der Waals surface area contributed by atoms with Crippen molar-refractivity contribution < 1.29 is 23.9 Å². The molecule has 1 atom stereocenters. The van der Waals surface area contributed by atoms with Gasteiger partial charge in [-0.2, -0.15) is 0 Å². The van der Waals surface area contributed by atoms with Gasteiger partial charge in [0.25, 0.3) is 5.91 Å². The molecule has 1 aromatic rings. The Bertz CT molecular complexity index is 842. The zero-order chi connectivity index (χ0) is 20.8. The van der Waals surface area contributed by atoms with E-state index in [-0.39, 0.29) is 30.3 Å². The zero-order valence-corrected chi connectivity index (χ0v) is 17.0. The van der Waals surface area contributed by atoms with Gasteiger partial charge in [0, 0.05) is 44.8 Å². The van der Waals surface area contributed by atoms with Gasteiger partial charge in [-0.05, 0) is 18.4 Å². The number of likely N-dealkylation sites (tertiary alicyclic amines) is 1. The Morgan fingerprint density at radius 1 is 1.00 bits per heavy atom. The third-order valence-corrected chi connectivity index (χ3v) is 6.88. The first-order valence-corrected chi connectivity index (χ1v) is 10.7. The number of nitrogens with zero attached hydrogens (tertiary/aromatic N) is 2. The molecule has 1 aromatic carbocycles. The average Bonchev–Trinajstić information content (AvgIpc) is 3.40. The second-order valence-corrected chi connectivity index (χ2v) is 8.87. The van der Waals surface area contributed by atoms with E-state index in [1.54, 1.807) is 0 Å². The molecule has 5 rings (SSSR count). The molecule has 0 bridgehead atoms. The van der Waals surface area contributed by atoms with E-state index in [1.165, 1.54) is 4.90 Å². The fourth-order valence-electron chi connectivity index (χ4n) is 5.22. The van der Waals surface area contributed by atoms with Crippen LogP contribution in [-0.4, -0.2) is 65.3 Å². The van der Waals surface area contributed by atoms with E-state index in [2.05, 4.69) is 5.32 Å². The van der Waals surface area contributed by atoms with Crippen LogP contribution in [-0.2, 0) is 25.6 Å². The lowest BCUT2D eigenvalue weighted by Gasteiger charge is -2.39. The molecule has 8 nitrogen and oxygen atoms in total. The lowest BCUT2D eigenvalue weighted by atomic mass is 9.78. The summed E-state index contributed by atoms with van der Waals surface area (Å²) in [5.41, 5.74) is 0.220. The first kappa shape index (κ1) is 19.5. The van der Waals surface area contributed by atoms with E-state index >= 15 is 0 Å². The summed E-state index contributed by atoms with van der Waals surface area (Å²) < 4.78 is 11.5. The number of rotatable bonds is 4. The highest BCUT2D eigenvalue weighted by atomic mass is 16.7. The molecule has 1 unspecified atom stereocenters. The number of benzene rings is 1. The molecule has 1 N–H and O–H groups in total. The SMILES string of the molecule is O=C1CC(CN2C(=O)NC3(CCC4(CC3)OCCO4)C2=O)CN1Cc1ccccc1. The van der Waals surface area contributed by atoms with Crippen molar-refractivity contribution >= 4 is 17.8 Å². The third kappa shape index (κ3) is 3.37. The highest BCUT2D eigenvalue weighted by molar-refractivity contribution is 6.07. The van der Waals surface area contributed by atoms with Gasteiger partial charge in [-0.3, -0.25) is 14.5 Å². The molecule has 3 saturated heterocycles. The molecule has 3 aliphatic heterocycles. The van der Waals surface area contributed by atoms with Crippen LogP contribution in [0.25, 0.3) is 0 Å². The topological polar surface area (TPSA) is 88.2 Å². The first-order chi connectivity index (χ1) is 14.5. The van der Waals surface area contributed by atoms with Gasteiger partial charge in [-0.15, -0.1) is 0 Å². The van der Waals surface area contributed by atoms with Gasteiger partial charge in [0.15, 0.2) is 5.79 Å². The van der Waals surface area contributed by atoms with Crippen molar-refractivity contribution in [3.8, 4) is 0 Å². The number of hydrogen-bond acceptors (Lipinski definition) is 5. The predicted molar refractivity (Wildman–Crippen MR) is 106 cm³/mol. The van der Waals surface area contributed by atoms with Gasteiger partial charge in [0.2, 0.25) is 5.91 Å². The summed E-state index contributed by atoms with van der Waals surface area (Å²) in [7, 11) is 0. The molecule has 3 heterocycles. The van der Waals surface area contributed by atoms with E-state index in [9.17, 15) is 14.4 Å². The molecule has 4 aliphatic rings. The molecular weight excluding hydrogens is 386 g/mol. The van der Waals surface area contributed by atoms with Crippen LogP contribution in [0.4, 0.5) is 4.79 Å². The van der Waals surface area contributed by atoms with Gasteiger partial charge in [-0.1, -0.05) is 30.3 Å². The molecule has 160 valence electrons. The van der Waals surface area contributed by atoms with Gasteiger partial charge < -0.3 is 19.7 Å². The van der Waals surface area contributed by atoms with Crippen molar-refractivity contribution in [2.45, 2.75) is 50.0 Å². The molecule has 1 aliphatic carbocycles. The third-order valence-electron chi connectivity index (χ3n) is 6.88. The fourth-order valence-corrected chi connectivity index (χ4v) is 5.22. The minimum atomic E-state index is -0.857. The van der Waals surface area contributed by atoms with Crippen LogP contribution < -0.4 is 5.32 Å². The van der Waals surface area contributed by atoms with Crippen LogP contribution in [0.1, 0.15) is 37.7 Å². The maximum atomic E-state index is 13.2.